The Balaban J connectivity index is 2.87. The highest BCUT2D eigenvalue weighted by Gasteiger charge is 2.24. The molecule has 1 rings (SSSR count). The van der Waals surface area contributed by atoms with Gasteiger partial charge in [-0.05, 0) is 31.9 Å². The van der Waals surface area contributed by atoms with Crippen molar-refractivity contribution in [2.75, 3.05) is 0 Å². The maximum Gasteiger partial charge on any atom is 0.191 e. The van der Waals surface area contributed by atoms with Crippen molar-refractivity contribution in [2.24, 2.45) is 5.92 Å². The Morgan fingerprint density at radius 3 is 2.42 bits per heavy atom. The van der Waals surface area contributed by atoms with Gasteiger partial charge >= 0.3 is 0 Å². The summed E-state index contributed by atoms with van der Waals surface area (Å²) >= 11 is 0. The molecule has 0 bridgehead atoms. The highest BCUT2D eigenvalue weighted by molar-refractivity contribution is 5.99. The molecule has 0 aliphatic carbocycles. The van der Waals surface area contributed by atoms with Crippen molar-refractivity contribution in [1.82, 2.24) is 0 Å². The third kappa shape index (κ3) is 4.35. The first-order chi connectivity index (χ1) is 8.99. The minimum absolute atomic E-state index is 0.0159. The Morgan fingerprint density at radius 2 is 1.89 bits per heavy atom. The first kappa shape index (κ1) is 15.7. The van der Waals surface area contributed by atoms with E-state index in [1.165, 1.54) is 0 Å². The molecule has 0 heterocycles. The van der Waals surface area contributed by atoms with Gasteiger partial charge in [0.15, 0.2) is 5.78 Å². The zero-order valence-electron chi connectivity index (χ0n) is 12.2. The summed E-state index contributed by atoms with van der Waals surface area (Å²) in [6.07, 6.45) is 0.732. The summed E-state index contributed by atoms with van der Waals surface area (Å²) in [6.45, 7) is 7.85. The van der Waals surface area contributed by atoms with E-state index in [9.17, 15) is 9.90 Å². The number of aliphatic hydroxyl groups excluding tert-OH is 1. The monoisotopic (exact) mass is 264 g/mol. The number of hydrogen-bond acceptors (Lipinski definition) is 3. The van der Waals surface area contributed by atoms with E-state index >= 15 is 0 Å². The number of benzene rings is 1. The van der Waals surface area contributed by atoms with Crippen LogP contribution in [0.2, 0.25) is 0 Å². The van der Waals surface area contributed by atoms with Crippen LogP contribution in [0.4, 0.5) is 0 Å². The molecule has 0 aliphatic rings. The van der Waals surface area contributed by atoms with Crippen molar-refractivity contribution < 1.29 is 14.6 Å². The molecule has 106 valence electrons. The summed E-state index contributed by atoms with van der Waals surface area (Å²) in [5.74, 6) is 0.461. The highest BCUT2D eigenvalue weighted by Crippen LogP contribution is 2.20. The number of ketones is 1. The van der Waals surface area contributed by atoms with Crippen LogP contribution in [0.1, 0.15) is 50.9 Å². The van der Waals surface area contributed by atoms with E-state index in [1.54, 1.807) is 18.2 Å². The largest absolute Gasteiger partial charge is 0.491 e. The summed E-state index contributed by atoms with van der Waals surface area (Å²) in [5, 5.41) is 10.1. The van der Waals surface area contributed by atoms with Crippen LogP contribution in [0.3, 0.4) is 0 Å². The average molecular weight is 264 g/mol. The van der Waals surface area contributed by atoms with Crippen molar-refractivity contribution in [1.29, 1.82) is 0 Å². The summed E-state index contributed by atoms with van der Waals surface area (Å²) < 4.78 is 5.56. The molecule has 0 saturated heterocycles. The van der Waals surface area contributed by atoms with Gasteiger partial charge in [-0.3, -0.25) is 4.79 Å². The summed E-state index contributed by atoms with van der Waals surface area (Å²) in [4.78, 5) is 12.2. The second-order valence-electron chi connectivity index (χ2n) is 5.08. The van der Waals surface area contributed by atoms with Gasteiger partial charge < -0.3 is 9.84 Å². The lowest BCUT2D eigenvalue weighted by atomic mass is 9.91. The number of aliphatic hydroxyl groups is 1. The smallest absolute Gasteiger partial charge is 0.191 e. The molecule has 0 saturated carbocycles. The normalized spacial score (nSPS) is 12.8. The van der Waals surface area contributed by atoms with Crippen LogP contribution in [0.25, 0.3) is 0 Å². The van der Waals surface area contributed by atoms with Gasteiger partial charge in [0.25, 0.3) is 0 Å². The van der Waals surface area contributed by atoms with E-state index in [-0.39, 0.29) is 17.8 Å². The van der Waals surface area contributed by atoms with E-state index in [0.717, 1.165) is 12.8 Å². The summed E-state index contributed by atoms with van der Waals surface area (Å²) in [5.41, 5.74) is 0.512. The zero-order chi connectivity index (χ0) is 14.4. The molecule has 0 spiro atoms. The number of carbonyl (C=O) groups excluding carboxylic acids is 1. The van der Waals surface area contributed by atoms with E-state index in [1.807, 2.05) is 33.8 Å². The van der Waals surface area contributed by atoms with E-state index in [4.69, 9.17) is 4.74 Å². The highest BCUT2D eigenvalue weighted by atomic mass is 16.5. The van der Waals surface area contributed by atoms with Crippen LogP contribution in [0.5, 0.6) is 5.75 Å². The van der Waals surface area contributed by atoms with Crippen molar-refractivity contribution in [3.63, 3.8) is 0 Å². The van der Waals surface area contributed by atoms with Gasteiger partial charge in [0.05, 0.1) is 6.10 Å². The molecule has 19 heavy (non-hydrogen) atoms. The first-order valence-electron chi connectivity index (χ1n) is 6.98. The average Bonchev–Trinajstić information content (AvgIpc) is 2.38. The van der Waals surface area contributed by atoms with Crippen molar-refractivity contribution in [3.05, 3.63) is 29.8 Å². The molecule has 3 heteroatoms. The van der Waals surface area contributed by atoms with Crippen LogP contribution < -0.4 is 4.74 Å². The van der Waals surface area contributed by atoms with Crippen LogP contribution >= 0.6 is 0 Å². The third-order valence-corrected chi connectivity index (χ3v) is 3.25. The van der Waals surface area contributed by atoms with Crippen molar-refractivity contribution in [2.45, 2.75) is 52.7 Å². The molecule has 0 radical (unpaired) electrons. The van der Waals surface area contributed by atoms with E-state index in [0.29, 0.717) is 11.3 Å². The predicted octanol–water partition coefficient (Wildman–Crippen LogP) is 3.45. The van der Waals surface area contributed by atoms with Crippen LogP contribution in [0, 0.1) is 5.92 Å². The SMILES string of the molecule is CCC(CC)C(O)C(=O)c1cccc(OC(C)C)c1. The van der Waals surface area contributed by atoms with E-state index in [2.05, 4.69) is 0 Å². The minimum Gasteiger partial charge on any atom is -0.491 e. The Hall–Kier alpha value is -1.35. The number of carbonyl (C=O) groups is 1. The van der Waals surface area contributed by atoms with Crippen LogP contribution in [-0.4, -0.2) is 23.1 Å². The van der Waals surface area contributed by atoms with Gasteiger partial charge in [0.1, 0.15) is 11.9 Å². The van der Waals surface area contributed by atoms with E-state index < -0.39 is 6.10 Å². The fourth-order valence-corrected chi connectivity index (χ4v) is 2.11. The Morgan fingerprint density at radius 1 is 1.26 bits per heavy atom. The lowest BCUT2D eigenvalue weighted by Gasteiger charge is -2.19. The fraction of sp³-hybridized carbons (Fsp3) is 0.562. The van der Waals surface area contributed by atoms with Crippen LogP contribution in [0.15, 0.2) is 24.3 Å². The second-order valence-corrected chi connectivity index (χ2v) is 5.08. The maximum atomic E-state index is 12.2. The number of hydrogen-bond donors (Lipinski definition) is 1. The molecule has 0 fully saturated rings. The molecule has 0 aromatic heterocycles. The molecule has 1 N–H and O–H groups in total. The summed E-state index contributed by atoms with van der Waals surface area (Å²) in [6, 6.07) is 7.03. The van der Waals surface area contributed by atoms with Gasteiger partial charge in [-0.1, -0.05) is 38.8 Å². The Labute approximate surface area is 115 Å². The number of Topliss-reactive ketones (excluding diaryl/α,β-unsaturated/α-hetero) is 1. The zero-order valence-corrected chi connectivity index (χ0v) is 12.2. The molecule has 3 nitrogen and oxygen atoms in total. The lowest BCUT2D eigenvalue weighted by molar-refractivity contribution is 0.0587. The maximum absolute atomic E-state index is 12.2. The molecule has 1 unspecified atom stereocenters. The summed E-state index contributed by atoms with van der Waals surface area (Å²) in [7, 11) is 0. The molecule has 1 aromatic carbocycles. The van der Waals surface area contributed by atoms with Crippen molar-refractivity contribution in [3.8, 4) is 5.75 Å². The molecule has 1 aromatic rings. The molecule has 0 amide bonds. The van der Waals surface area contributed by atoms with Gasteiger partial charge in [0, 0.05) is 5.56 Å². The van der Waals surface area contributed by atoms with Gasteiger partial charge in [-0.15, -0.1) is 0 Å². The van der Waals surface area contributed by atoms with Gasteiger partial charge in [-0.2, -0.15) is 0 Å². The van der Waals surface area contributed by atoms with Gasteiger partial charge in [0.2, 0.25) is 0 Å². The molecular weight excluding hydrogens is 240 g/mol. The van der Waals surface area contributed by atoms with Crippen LogP contribution in [-0.2, 0) is 0 Å². The van der Waals surface area contributed by atoms with Gasteiger partial charge in [-0.25, -0.2) is 0 Å². The third-order valence-electron chi connectivity index (χ3n) is 3.25. The molecular formula is C16H24O3. The molecule has 0 aliphatic heterocycles. The second kappa shape index (κ2) is 7.29. The topological polar surface area (TPSA) is 46.5 Å². The standard InChI is InChI=1S/C16H24O3/c1-5-12(6-2)15(17)16(18)13-8-7-9-14(10-13)19-11(3)4/h7-12,15,17H,5-6H2,1-4H3. The van der Waals surface area contributed by atoms with Crippen molar-refractivity contribution >= 4 is 5.78 Å². The number of ether oxygens (including phenoxy) is 1. The Kier molecular flexibility index (Phi) is 6.03. The fourth-order valence-electron chi connectivity index (χ4n) is 2.11. The first-order valence-corrected chi connectivity index (χ1v) is 6.98. The predicted molar refractivity (Wildman–Crippen MR) is 76.6 cm³/mol. The quantitative estimate of drug-likeness (QED) is 0.767. The number of rotatable bonds is 7. The lowest BCUT2D eigenvalue weighted by Crippen LogP contribution is -2.29. The molecule has 1 atom stereocenters. The Bertz CT molecular complexity index is 408. The minimum atomic E-state index is -0.927.